The molecule has 0 aliphatic rings. The van der Waals surface area contributed by atoms with Gasteiger partial charge >= 0.3 is 0 Å². The minimum atomic E-state index is -0.403. The van der Waals surface area contributed by atoms with Gasteiger partial charge in [-0.2, -0.15) is 0 Å². The van der Waals surface area contributed by atoms with E-state index in [4.69, 9.17) is 0 Å². The Morgan fingerprint density at radius 2 is 1.53 bits per heavy atom. The predicted octanol–water partition coefficient (Wildman–Crippen LogP) is 6.62. The van der Waals surface area contributed by atoms with Gasteiger partial charge in [-0.05, 0) is 46.8 Å². The number of thiophene rings is 1. The van der Waals surface area contributed by atoms with Gasteiger partial charge in [-0.1, -0.05) is 66.7 Å². The monoisotopic (exact) mass is 438 g/mol. The van der Waals surface area contributed by atoms with E-state index >= 15 is 0 Å². The third kappa shape index (κ3) is 4.03. The third-order valence-corrected chi connectivity index (χ3v) is 6.22. The van der Waals surface area contributed by atoms with Crippen molar-refractivity contribution in [3.8, 4) is 10.6 Å². The molecule has 0 atom stereocenters. The number of rotatable bonds is 5. The van der Waals surface area contributed by atoms with Gasteiger partial charge in [0.2, 0.25) is 0 Å². The van der Waals surface area contributed by atoms with Crippen molar-refractivity contribution in [1.82, 2.24) is 10.3 Å². The number of hydrogen-bond donors (Lipinski definition) is 1. The van der Waals surface area contributed by atoms with Crippen LogP contribution in [0.25, 0.3) is 21.5 Å². The maximum atomic E-state index is 14.1. The Kier molecular flexibility index (Phi) is 5.48. The number of halogens is 1. The van der Waals surface area contributed by atoms with E-state index in [1.165, 1.54) is 12.1 Å². The van der Waals surface area contributed by atoms with Crippen molar-refractivity contribution in [3.05, 3.63) is 125 Å². The topological polar surface area (TPSA) is 42.0 Å². The van der Waals surface area contributed by atoms with Crippen LogP contribution in [0.15, 0.2) is 102 Å². The summed E-state index contributed by atoms with van der Waals surface area (Å²) < 4.78 is 14.1. The molecule has 5 heteroatoms. The van der Waals surface area contributed by atoms with Crippen molar-refractivity contribution in [2.75, 3.05) is 0 Å². The minimum absolute atomic E-state index is 0.279. The van der Waals surface area contributed by atoms with Gasteiger partial charge in [0.1, 0.15) is 5.82 Å². The lowest BCUT2D eigenvalue weighted by molar-refractivity contribution is 0.0944. The quantitative estimate of drug-likeness (QED) is 0.335. The van der Waals surface area contributed by atoms with E-state index in [2.05, 4.69) is 10.3 Å². The fraction of sp³-hybridized carbons (Fsp3) is 0.0370. The lowest BCUT2D eigenvalue weighted by Crippen LogP contribution is -2.29. The van der Waals surface area contributed by atoms with Crippen molar-refractivity contribution in [3.63, 3.8) is 0 Å². The molecule has 3 nitrogen and oxygen atoms in total. The van der Waals surface area contributed by atoms with Crippen LogP contribution in [0.5, 0.6) is 0 Å². The Morgan fingerprint density at radius 3 is 2.16 bits per heavy atom. The highest BCUT2D eigenvalue weighted by atomic mass is 32.1. The summed E-state index contributed by atoms with van der Waals surface area (Å²) >= 11 is 1.55. The first-order chi connectivity index (χ1) is 15.7. The summed E-state index contributed by atoms with van der Waals surface area (Å²) in [5.41, 5.74) is 3.61. The summed E-state index contributed by atoms with van der Waals surface area (Å²) in [7, 11) is 0. The normalized spacial score (nSPS) is 11.1. The lowest BCUT2D eigenvalue weighted by Gasteiger charge is -2.20. The lowest BCUT2D eigenvalue weighted by atomic mass is 9.97. The first-order valence-corrected chi connectivity index (χ1v) is 11.1. The van der Waals surface area contributed by atoms with Gasteiger partial charge in [-0.25, -0.2) is 9.37 Å². The van der Waals surface area contributed by atoms with E-state index in [-0.39, 0.29) is 11.9 Å². The standard InChI is InChI=1S/C27H19FN2OS/c28-20-13-14-23-21(16-20)22(17-24(29-23)25-12-7-15-32-25)27(31)30-26(18-8-3-1-4-9-18)19-10-5-2-6-11-19/h1-17,26H,(H,30,31). The maximum absolute atomic E-state index is 14.1. The van der Waals surface area contributed by atoms with Crippen LogP contribution >= 0.6 is 11.3 Å². The number of carbonyl (C=O) groups excluding carboxylic acids is 1. The van der Waals surface area contributed by atoms with Gasteiger partial charge in [0, 0.05) is 5.39 Å². The molecule has 1 amide bonds. The average Bonchev–Trinajstić information content (AvgIpc) is 3.38. The number of carbonyl (C=O) groups is 1. The van der Waals surface area contributed by atoms with Crippen LogP contribution in [-0.2, 0) is 0 Å². The van der Waals surface area contributed by atoms with Crippen molar-refractivity contribution >= 4 is 28.1 Å². The fourth-order valence-corrected chi connectivity index (χ4v) is 4.48. The molecule has 0 aliphatic carbocycles. The summed E-state index contributed by atoms with van der Waals surface area (Å²) in [6.45, 7) is 0. The molecule has 156 valence electrons. The Balaban J connectivity index is 1.61. The second-order valence-corrected chi connectivity index (χ2v) is 8.37. The molecule has 2 aromatic heterocycles. The molecular formula is C27H19FN2OS. The maximum Gasteiger partial charge on any atom is 0.252 e. The first kappa shape index (κ1) is 20.1. The molecule has 0 saturated heterocycles. The zero-order chi connectivity index (χ0) is 21.9. The number of hydrogen-bond acceptors (Lipinski definition) is 3. The number of aromatic nitrogens is 1. The molecule has 0 radical (unpaired) electrons. The van der Waals surface area contributed by atoms with Crippen LogP contribution in [0, 0.1) is 5.82 Å². The molecule has 2 heterocycles. The number of amides is 1. The molecule has 5 rings (SSSR count). The van der Waals surface area contributed by atoms with Crippen LogP contribution in [-0.4, -0.2) is 10.9 Å². The molecule has 3 aromatic carbocycles. The van der Waals surface area contributed by atoms with Gasteiger partial charge in [0.15, 0.2) is 0 Å². The highest BCUT2D eigenvalue weighted by Crippen LogP contribution is 2.29. The molecule has 0 bridgehead atoms. The largest absolute Gasteiger partial charge is 0.341 e. The van der Waals surface area contributed by atoms with E-state index < -0.39 is 5.82 Å². The highest BCUT2D eigenvalue weighted by Gasteiger charge is 2.21. The Bertz CT molecular complexity index is 1330. The number of fused-ring (bicyclic) bond motifs is 1. The van der Waals surface area contributed by atoms with Gasteiger partial charge in [0.25, 0.3) is 5.91 Å². The SMILES string of the molecule is O=C(NC(c1ccccc1)c1ccccc1)c1cc(-c2cccs2)nc2ccc(F)cc12. The zero-order valence-electron chi connectivity index (χ0n) is 17.0. The molecule has 0 unspecified atom stereocenters. The Labute approximate surface area is 189 Å². The number of benzene rings is 3. The van der Waals surface area contributed by atoms with E-state index in [1.54, 1.807) is 23.5 Å². The second-order valence-electron chi connectivity index (χ2n) is 7.42. The number of nitrogens with one attached hydrogen (secondary N) is 1. The van der Waals surface area contributed by atoms with E-state index in [9.17, 15) is 9.18 Å². The fourth-order valence-electron chi connectivity index (χ4n) is 3.80. The average molecular weight is 439 g/mol. The van der Waals surface area contributed by atoms with Crippen molar-refractivity contribution in [1.29, 1.82) is 0 Å². The van der Waals surface area contributed by atoms with Crippen LogP contribution in [0.2, 0.25) is 0 Å². The number of pyridine rings is 1. The molecule has 0 spiro atoms. The van der Waals surface area contributed by atoms with Crippen LogP contribution in [0.4, 0.5) is 4.39 Å². The molecule has 32 heavy (non-hydrogen) atoms. The number of nitrogens with zero attached hydrogens (tertiary/aromatic N) is 1. The first-order valence-electron chi connectivity index (χ1n) is 10.2. The summed E-state index contributed by atoms with van der Waals surface area (Å²) in [5, 5.41) is 5.62. The summed E-state index contributed by atoms with van der Waals surface area (Å²) in [6, 6.07) is 29.3. The molecule has 0 saturated carbocycles. The molecule has 5 aromatic rings. The van der Waals surface area contributed by atoms with Gasteiger partial charge in [0.05, 0.1) is 27.7 Å². The highest BCUT2D eigenvalue weighted by molar-refractivity contribution is 7.13. The van der Waals surface area contributed by atoms with Crippen LogP contribution < -0.4 is 5.32 Å². The zero-order valence-corrected chi connectivity index (χ0v) is 17.9. The Hall–Kier alpha value is -3.83. The Morgan fingerprint density at radius 1 is 0.844 bits per heavy atom. The summed E-state index contributed by atoms with van der Waals surface area (Å²) in [6.07, 6.45) is 0. The van der Waals surface area contributed by atoms with Gasteiger partial charge < -0.3 is 5.32 Å². The van der Waals surface area contributed by atoms with Gasteiger partial charge in [-0.15, -0.1) is 11.3 Å². The molecule has 1 N–H and O–H groups in total. The summed E-state index contributed by atoms with van der Waals surface area (Å²) in [4.78, 5) is 19.2. The second kappa shape index (κ2) is 8.73. The predicted molar refractivity (Wildman–Crippen MR) is 127 cm³/mol. The van der Waals surface area contributed by atoms with Crippen molar-refractivity contribution < 1.29 is 9.18 Å². The van der Waals surface area contributed by atoms with Crippen molar-refractivity contribution in [2.45, 2.75) is 6.04 Å². The van der Waals surface area contributed by atoms with Crippen LogP contribution in [0.1, 0.15) is 27.5 Å². The van der Waals surface area contributed by atoms with E-state index in [0.717, 1.165) is 16.0 Å². The molecule has 0 aliphatic heterocycles. The minimum Gasteiger partial charge on any atom is -0.341 e. The smallest absolute Gasteiger partial charge is 0.252 e. The van der Waals surface area contributed by atoms with Crippen molar-refractivity contribution in [2.24, 2.45) is 0 Å². The van der Waals surface area contributed by atoms with Crippen LogP contribution in [0.3, 0.4) is 0 Å². The van der Waals surface area contributed by atoms with E-state index in [0.29, 0.717) is 22.2 Å². The summed E-state index contributed by atoms with van der Waals surface area (Å²) in [5.74, 6) is -0.682. The van der Waals surface area contributed by atoms with Gasteiger partial charge in [-0.3, -0.25) is 4.79 Å². The van der Waals surface area contributed by atoms with E-state index in [1.807, 2.05) is 78.2 Å². The molecular weight excluding hydrogens is 419 g/mol. The third-order valence-electron chi connectivity index (χ3n) is 5.33. The molecule has 0 fully saturated rings.